The predicted octanol–water partition coefficient (Wildman–Crippen LogP) is 2.43. The minimum Gasteiger partial charge on any atom is -0.381 e. The summed E-state index contributed by atoms with van der Waals surface area (Å²) in [5, 5.41) is 11.4. The molecule has 1 amide bonds. The quantitative estimate of drug-likeness (QED) is 0.693. The molecule has 2 aliphatic heterocycles. The number of hydrogen-bond acceptors (Lipinski definition) is 5. The van der Waals surface area contributed by atoms with Crippen molar-refractivity contribution in [3.8, 4) is 12.3 Å². The smallest absolute Gasteiger partial charge is 0.220 e. The maximum absolute atomic E-state index is 12.4. The van der Waals surface area contributed by atoms with Crippen LogP contribution in [0.15, 0.2) is 10.2 Å². The third-order valence-corrected chi connectivity index (χ3v) is 5.72. The summed E-state index contributed by atoms with van der Waals surface area (Å²) in [6, 6.07) is 0.195. The molecule has 2 unspecified atom stereocenters. The highest BCUT2D eigenvalue weighted by Gasteiger charge is 2.56. The highest BCUT2D eigenvalue weighted by atomic mass is 16.5. The predicted molar refractivity (Wildman–Crippen MR) is 89.3 cm³/mol. The lowest BCUT2D eigenvalue weighted by atomic mass is 9.57. The molecule has 0 aromatic carbocycles. The molecule has 3 aliphatic rings. The van der Waals surface area contributed by atoms with E-state index >= 15 is 0 Å². The van der Waals surface area contributed by atoms with Gasteiger partial charge in [-0.1, -0.05) is 0 Å². The Morgan fingerprint density at radius 1 is 1.38 bits per heavy atom. The minimum atomic E-state index is -0.381. The largest absolute Gasteiger partial charge is 0.381 e. The van der Waals surface area contributed by atoms with E-state index in [1.54, 1.807) is 0 Å². The fraction of sp³-hybridized carbons (Fsp3) is 0.833. The second-order valence-electron chi connectivity index (χ2n) is 7.03. The number of hydrogen-bond donors (Lipinski definition) is 1. The zero-order chi connectivity index (χ0) is 17.0. The van der Waals surface area contributed by atoms with E-state index in [4.69, 9.17) is 15.9 Å². The van der Waals surface area contributed by atoms with E-state index < -0.39 is 0 Å². The van der Waals surface area contributed by atoms with Crippen molar-refractivity contribution in [3.05, 3.63) is 0 Å². The highest BCUT2D eigenvalue weighted by Crippen LogP contribution is 2.50. The van der Waals surface area contributed by atoms with E-state index in [2.05, 4.69) is 21.5 Å². The van der Waals surface area contributed by atoms with Gasteiger partial charge in [0.25, 0.3) is 0 Å². The normalized spacial score (nSPS) is 28.8. The van der Waals surface area contributed by atoms with E-state index in [1.165, 1.54) is 0 Å². The molecule has 132 valence electrons. The zero-order valence-electron chi connectivity index (χ0n) is 14.4. The molecule has 2 heterocycles. The fourth-order valence-electron chi connectivity index (χ4n) is 4.06. The summed E-state index contributed by atoms with van der Waals surface area (Å²) in [5.41, 5.74) is -0.326. The van der Waals surface area contributed by atoms with E-state index in [0.29, 0.717) is 25.9 Å². The Kier molecular flexibility index (Phi) is 5.21. The van der Waals surface area contributed by atoms with Gasteiger partial charge in [-0.3, -0.25) is 4.79 Å². The Labute approximate surface area is 143 Å². The Morgan fingerprint density at radius 2 is 2.12 bits per heavy atom. The van der Waals surface area contributed by atoms with Crippen LogP contribution in [0.3, 0.4) is 0 Å². The van der Waals surface area contributed by atoms with Gasteiger partial charge < -0.3 is 14.8 Å². The molecule has 0 aromatic heterocycles. The number of carbonyl (C=O) groups is 1. The monoisotopic (exact) mass is 333 g/mol. The summed E-state index contributed by atoms with van der Waals surface area (Å²) in [6.45, 7) is 4.25. The zero-order valence-corrected chi connectivity index (χ0v) is 14.4. The third-order valence-electron chi connectivity index (χ3n) is 5.72. The lowest BCUT2D eigenvalue weighted by Crippen LogP contribution is -2.66. The molecule has 3 rings (SSSR count). The first-order valence-corrected chi connectivity index (χ1v) is 9.00. The number of ether oxygens (including phenoxy) is 2. The van der Waals surface area contributed by atoms with E-state index in [-0.39, 0.29) is 29.1 Å². The first kappa shape index (κ1) is 17.4. The van der Waals surface area contributed by atoms with E-state index in [9.17, 15) is 4.79 Å². The van der Waals surface area contributed by atoms with Crippen LogP contribution in [0.1, 0.15) is 51.9 Å². The number of terminal acetylenes is 1. The molecule has 1 saturated heterocycles. The summed E-state index contributed by atoms with van der Waals surface area (Å²) >= 11 is 0. The van der Waals surface area contributed by atoms with Gasteiger partial charge in [0.15, 0.2) is 5.66 Å². The van der Waals surface area contributed by atoms with Crippen LogP contribution in [0.25, 0.3) is 0 Å². The van der Waals surface area contributed by atoms with Crippen LogP contribution in [0.5, 0.6) is 0 Å². The van der Waals surface area contributed by atoms with Crippen molar-refractivity contribution in [2.24, 2.45) is 15.6 Å². The molecule has 0 radical (unpaired) electrons. The average Bonchev–Trinajstić information content (AvgIpc) is 3.38. The first-order chi connectivity index (χ1) is 11.6. The van der Waals surface area contributed by atoms with Crippen LogP contribution in [0.2, 0.25) is 0 Å². The van der Waals surface area contributed by atoms with Gasteiger partial charge in [-0.15, -0.1) is 12.3 Å². The minimum absolute atomic E-state index is 0.0550. The van der Waals surface area contributed by atoms with Crippen molar-refractivity contribution in [2.75, 3.05) is 19.8 Å². The number of rotatable bonds is 8. The lowest BCUT2D eigenvalue weighted by Gasteiger charge is -2.57. The molecular weight excluding hydrogens is 306 g/mol. The molecule has 2 fully saturated rings. The van der Waals surface area contributed by atoms with Crippen LogP contribution >= 0.6 is 0 Å². The maximum atomic E-state index is 12.4. The van der Waals surface area contributed by atoms with Crippen molar-refractivity contribution >= 4 is 5.91 Å². The second-order valence-corrected chi connectivity index (χ2v) is 7.03. The van der Waals surface area contributed by atoms with Gasteiger partial charge in [-0.2, -0.15) is 10.2 Å². The van der Waals surface area contributed by atoms with Gasteiger partial charge in [0.05, 0.1) is 6.10 Å². The molecule has 1 spiro atoms. The Balaban J connectivity index is 1.48. The summed E-state index contributed by atoms with van der Waals surface area (Å²) in [6.07, 6.45) is 10.8. The maximum Gasteiger partial charge on any atom is 0.220 e. The molecular formula is C18H27N3O3. The SMILES string of the molecule is C#CCCC1(CCC(=O)NC2CC(OCC)C23CCOCC3)N=N1. The Bertz CT molecular complexity index is 528. The van der Waals surface area contributed by atoms with Crippen molar-refractivity contribution in [3.63, 3.8) is 0 Å². The highest BCUT2D eigenvalue weighted by molar-refractivity contribution is 5.76. The fourth-order valence-corrected chi connectivity index (χ4v) is 4.06. The first-order valence-electron chi connectivity index (χ1n) is 9.00. The number of nitrogens with one attached hydrogen (secondary N) is 1. The van der Waals surface area contributed by atoms with Crippen LogP contribution < -0.4 is 5.32 Å². The lowest BCUT2D eigenvalue weighted by molar-refractivity contribution is -0.175. The summed E-state index contributed by atoms with van der Waals surface area (Å²) in [4.78, 5) is 12.4. The third kappa shape index (κ3) is 3.47. The summed E-state index contributed by atoms with van der Waals surface area (Å²) in [7, 11) is 0. The van der Waals surface area contributed by atoms with Crippen molar-refractivity contribution in [2.45, 2.75) is 69.7 Å². The molecule has 2 atom stereocenters. The summed E-state index contributed by atoms with van der Waals surface area (Å²) in [5.74, 6) is 2.69. The number of nitrogens with zero attached hydrogens (tertiary/aromatic N) is 2. The molecule has 0 aromatic rings. The van der Waals surface area contributed by atoms with E-state index in [1.807, 2.05) is 6.92 Å². The topological polar surface area (TPSA) is 72.3 Å². The van der Waals surface area contributed by atoms with Gasteiger partial charge in [-0.05, 0) is 26.2 Å². The van der Waals surface area contributed by atoms with Crippen LogP contribution in [-0.2, 0) is 14.3 Å². The molecule has 1 saturated carbocycles. The Hall–Kier alpha value is -1.45. The Morgan fingerprint density at radius 3 is 2.75 bits per heavy atom. The second kappa shape index (κ2) is 7.20. The van der Waals surface area contributed by atoms with Crippen LogP contribution in [-0.4, -0.2) is 43.5 Å². The van der Waals surface area contributed by atoms with Crippen molar-refractivity contribution < 1.29 is 14.3 Å². The van der Waals surface area contributed by atoms with Crippen LogP contribution in [0, 0.1) is 17.8 Å². The molecule has 6 nitrogen and oxygen atoms in total. The molecule has 6 heteroatoms. The van der Waals surface area contributed by atoms with Gasteiger partial charge in [0, 0.05) is 57.0 Å². The number of amides is 1. The average molecular weight is 333 g/mol. The molecule has 0 bridgehead atoms. The van der Waals surface area contributed by atoms with Gasteiger partial charge in [0.1, 0.15) is 0 Å². The standard InChI is InChI=1S/C18H27N3O3/c1-3-5-7-18(20-21-18)8-6-16(22)19-14-13-15(24-4-2)17(14)9-11-23-12-10-17/h1,14-15H,4-13H2,2H3,(H,19,22). The van der Waals surface area contributed by atoms with Gasteiger partial charge in [-0.25, -0.2) is 0 Å². The molecule has 1 aliphatic carbocycles. The van der Waals surface area contributed by atoms with Crippen LogP contribution in [0.4, 0.5) is 0 Å². The van der Waals surface area contributed by atoms with E-state index in [0.717, 1.165) is 38.9 Å². The summed E-state index contributed by atoms with van der Waals surface area (Å²) < 4.78 is 11.4. The van der Waals surface area contributed by atoms with Crippen molar-refractivity contribution in [1.29, 1.82) is 0 Å². The molecule has 1 N–H and O–H groups in total. The molecule has 24 heavy (non-hydrogen) atoms. The van der Waals surface area contributed by atoms with Gasteiger partial charge in [0.2, 0.25) is 5.91 Å². The van der Waals surface area contributed by atoms with Crippen molar-refractivity contribution in [1.82, 2.24) is 5.32 Å². The van der Waals surface area contributed by atoms with Gasteiger partial charge >= 0.3 is 0 Å². The number of carbonyl (C=O) groups excluding carboxylic acids is 1.